The number of nitrogens with one attached hydrogen (secondary N) is 2. The van der Waals surface area contributed by atoms with Gasteiger partial charge in [0.2, 0.25) is 5.91 Å². The van der Waals surface area contributed by atoms with E-state index in [1.54, 1.807) is 18.8 Å². The van der Waals surface area contributed by atoms with Crippen LogP contribution in [0.25, 0.3) is 0 Å². The van der Waals surface area contributed by atoms with Gasteiger partial charge in [-0.1, -0.05) is 18.2 Å². The molecule has 32 heavy (non-hydrogen) atoms. The summed E-state index contributed by atoms with van der Waals surface area (Å²) in [4.78, 5) is 23.9. The first-order valence-electron chi connectivity index (χ1n) is 10.6. The van der Waals surface area contributed by atoms with Crippen LogP contribution < -0.4 is 21.3 Å². The first-order chi connectivity index (χ1) is 15.0. The van der Waals surface area contributed by atoms with E-state index in [0.717, 1.165) is 43.3 Å². The number of aromatic nitrogens is 1. The van der Waals surface area contributed by atoms with Gasteiger partial charge in [-0.05, 0) is 49.3 Å². The molecule has 2 heterocycles. The number of amides is 1. The van der Waals surface area contributed by atoms with Crippen molar-refractivity contribution in [1.82, 2.24) is 15.6 Å². The smallest absolute Gasteiger partial charge is 0.220 e. The van der Waals surface area contributed by atoms with Gasteiger partial charge in [0.05, 0.1) is 0 Å². The first kappa shape index (κ1) is 26.2. The zero-order valence-corrected chi connectivity index (χ0v) is 22.1. The fraction of sp³-hybridized carbons (Fsp3) is 0.435. The van der Waals surface area contributed by atoms with Gasteiger partial charge >= 0.3 is 0 Å². The number of anilines is 1. The third-order valence-corrected chi connectivity index (χ3v) is 6.44. The summed E-state index contributed by atoms with van der Waals surface area (Å²) in [5.74, 6) is 1.47. The second kappa shape index (κ2) is 12.9. The molecule has 1 fully saturated rings. The number of rotatable bonds is 7. The molecule has 0 spiro atoms. The van der Waals surface area contributed by atoms with E-state index in [-0.39, 0.29) is 35.8 Å². The molecule has 7 nitrogen and oxygen atoms in total. The molecule has 0 atom stereocenters. The Kier molecular flexibility index (Phi) is 10.6. The average molecular weight is 569 g/mol. The summed E-state index contributed by atoms with van der Waals surface area (Å²) in [6.45, 7) is 5.00. The molecule has 1 aromatic carbocycles. The summed E-state index contributed by atoms with van der Waals surface area (Å²) in [6.07, 6.45) is 5.46. The molecule has 4 N–H and O–H groups in total. The highest BCUT2D eigenvalue weighted by Gasteiger charge is 2.24. The molecule has 0 bridgehead atoms. The molecule has 1 aromatic heterocycles. The van der Waals surface area contributed by atoms with Crippen molar-refractivity contribution in [3.05, 3.63) is 53.2 Å². The second-order valence-electron chi connectivity index (χ2n) is 7.74. The van der Waals surface area contributed by atoms with E-state index in [9.17, 15) is 4.79 Å². The predicted octanol–water partition coefficient (Wildman–Crippen LogP) is 3.30. The summed E-state index contributed by atoms with van der Waals surface area (Å²) in [5.41, 5.74) is 9.08. The van der Waals surface area contributed by atoms with E-state index < -0.39 is 0 Å². The van der Waals surface area contributed by atoms with Crippen molar-refractivity contribution in [2.45, 2.75) is 37.8 Å². The Hall–Kier alpha value is -2.01. The highest BCUT2D eigenvalue weighted by atomic mass is 127. The number of primary amides is 1. The van der Waals surface area contributed by atoms with Gasteiger partial charge in [0.1, 0.15) is 5.82 Å². The summed E-state index contributed by atoms with van der Waals surface area (Å²) in [5, 5.41) is 6.81. The van der Waals surface area contributed by atoms with Crippen LogP contribution in [-0.4, -0.2) is 43.2 Å². The quantitative estimate of drug-likeness (QED) is 0.206. The molecule has 0 unspecified atom stereocenters. The molecule has 0 saturated carbocycles. The number of pyridine rings is 1. The number of aliphatic imine (C=N–C) groups is 1. The van der Waals surface area contributed by atoms with Crippen molar-refractivity contribution in [3.8, 4) is 0 Å². The van der Waals surface area contributed by atoms with E-state index in [2.05, 4.69) is 63.0 Å². The number of hydrogen-bond acceptors (Lipinski definition) is 5. The molecule has 0 aliphatic carbocycles. The number of carbonyl (C=O) groups excluding carboxylic acids is 1. The van der Waals surface area contributed by atoms with Gasteiger partial charge in [0, 0.05) is 55.8 Å². The topological polar surface area (TPSA) is 95.6 Å². The molecule has 3 rings (SSSR count). The summed E-state index contributed by atoms with van der Waals surface area (Å²) < 4.78 is 0. The Morgan fingerprint density at radius 3 is 2.53 bits per heavy atom. The lowest BCUT2D eigenvalue weighted by atomic mass is 9.96. The van der Waals surface area contributed by atoms with Crippen LogP contribution in [0.4, 0.5) is 5.82 Å². The van der Waals surface area contributed by atoms with Crippen molar-refractivity contribution in [2.24, 2.45) is 16.6 Å². The maximum absolute atomic E-state index is 11.5. The Morgan fingerprint density at radius 2 is 1.91 bits per heavy atom. The number of guanidine groups is 1. The van der Waals surface area contributed by atoms with Crippen LogP contribution in [0, 0.1) is 12.8 Å². The minimum atomic E-state index is -0.198. The van der Waals surface area contributed by atoms with Crippen molar-refractivity contribution in [2.75, 3.05) is 31.3 Å². The van der Waals surface area contributed by atoms with Crippen LogP contribution in [0.1, 0.15) is 29.5 Å². The average Bonchev–Trinajstić information content (AvgIpc) is 2.80. The lowest BCUT2D eigenvalue weighted by molar-refractivity contribution is -0.122. The molecule has 2 aromatic rings. The lowest BCUT2D eigenvalue weighted by Gasteiger charge is -2.32. The number of benzene rings is 1. The number of thioether (sulfide) groups is 1. The number of nitrogens with zero attached hydrogens (tertiary/aromatic N) is 3. The zero-order valence-electron chi connectivity index (χ0n) is 18.9. The van der Waals surface area contributed by atoms with E-state index in [1.165, 1.54) is 16.0 Å². The first-order valence-corrected chi connectivity index (χ1v) is 11.8. The lowest BCUT2D eigenvalue weighted by Crippen LogP contribution is -2.40. The van der Waals surface area contributed by atoms with Crippen LogP contribution in [0.5, 0.6) is 0 Å². The van der Waals surface area contributed by atoms with Crippen LogP contribution in [-0.2, 0) is 17.9 Å². The minimum absolute atomic E-state index is 0. The molecule has 0 radical (unpaired) electrons. The SMILES string of the molecule is CN=C(NCc1ccc(C)cc1SC)NCc1cccnc1N1CCC(C(N)=O)CC1.I. The van der Waals surface area contributed by atoms with Gasteiger partial charge in [-0.2, -0.15) is 0 Å². The summed E-state index contributed by atoms with van der Waals surface area (Å²) >= 11 is 1.76. The van der Waals surface area contributed by atoms with Gasteiger partial charge in [0.15, 0.2) is 5.96 Å². The monoisotopic (exact) mass is 568 g/mol. The molecule has 1 amide bonds. The number of aryl methyl sites for hydroxylation is 1. The third kappa shape index (κ3) is 6.99. The van der Waals surface area contributed by atoms with E-state index in [1.807, 2.05) is 12.3 Å². The maximum Gasteiger partial charge on any atom is 0.220 e. The van der Waals surface area contributed by atoms with Crippen molar-refractivity contribution < 1.29 is 4.79 Å². The van der Waals surface area contributed by atoms with Gasteiger partial charge in [-0.25, -0.2) is 4.98 Å². The predicted molar refractivity (Wildman–Crippen MR) is 144 cm³/mol. The number of carbonyl (C=O) groups is 1. The highest BCUT2D eigenvalue weighted by molar-refractivity contribution is 14.0. The Labute approximate surface area is 212 Å². The Bertz CT molecular complexity index is 930. The van der Waals surface area contributed by atoms with Gasteiger partial charge < -0.3 is 21.3 Å². The molecule has 1 saturated heterocycles. The third-order valence-electron chi connectivity index (χ3n) is 5.62. The molecule has 1 aliphatic heterocycles. The van der Waals surface area contributed by atoms with E-state index >= 15 is 0 Å². The largest absolute Gasteiger partial charge is 0.369 e. The number of halogens is 1. The van der Waals surface area contributed by atoms with Crippen molar-refractivity contribution in [3.63, 3.8) is 0 Å². The summed E-state index contributed by atoms with van der Waals surface area (Å²) in [6, 6.07) is 10.5. The van der Waals surface area contributed by atoms with Crippen molar-refractivity contribution in [1.29, 1.82) is 0 Å². The van der Waals surface area contributed by atoms with Gasteiger partial charge in [-0.15, -0.1) is 35.7 Å². The van der Waals surface area contributed by atoms with Crippen LogP contribution >= 0.6 is 35.7 Å². The molecule has 174 valence electrons. The van der Waals surface area contributed by atoms with Crippen molar-refractivity contribution >= 4 is 53.4 Å². The van der Waals surface area contributed by atoms with Crippen LogP contribution in [0.3, 0.4) is 0 Å². The standard InChI is InChI=1S/C23H32N6OS.HI/c1-16-6-7-18(20(13-16)31-3)14-27-23(25-2)28-15-19-5-4-10-26-22(19)29-11-8-17(9-12-29)21(24)30;/h4-7,10,13,17H,8-9,11-12,14-15H2,1-3H3,(H2,24,30)(H2,25,27,28);1H. The molecule has 9 heteroatoms. The highest BCUT2D eigenvalue weighted by Crippen LogP contribution is 2.24. The number of hydrogen-bond donors (Lipinski definition) is 3. The molecular formula is C23H33IN6OS. The molecular weight excluding hydrogens is 535 g/mol. The number of piperidine rings is 1. The zero-order chi connectivity index (χ0) is 22.2. The minimum Gasteiger partial charge on any atom is -0.369 e. The summed E-state index contributed by atoms with van der Waals surface area (Å²) in [7, 11) is 1.78. The Morgan fingerprint density at radius 1 is 1.22 bits per heavy atom. The second-order valence-corrected chi connectivity index (χ2v) is 8.59. The molecule has 1 aliphatic rings. The van der Waals surface area contributed by atoms with Gasteiger partial charge in [-0.3, -0.25) is 9.79 Å². The fourth-order valence-corrected chi connectivity index (χ4v) is 4.51. The van der Waals surface area contributed by atoms with Crippen LogP contribution in [0.15, 0.2) is 46.4 Å². The fourth-order valence-electron chi connectivity index (χ4n) is 3.81. The number of nitrogens with two attached hydrogens (primary N) is 1. The maximum atomic E-state index is 11.5. The normalized spacial score (nSPS) is 14.6. The van der Waals surface area contributed by atoms with Crippen LogP contribution in [0.2, 0.25) is 0 Å². The van der Waals surface area contributed by atoms with E-state index in [0.29, 0.717) is 13.1 Å². The van der Waals surface area contributed by atoms with E-state index in [4.69, 9.17) is 5.73 Å². The van der Waals surface area contributed by atoms with Gasteiger partial charge in [0.25, 0.3) is 0 Å². The Balaban J connectivity index is 0.00000363.